The quantitative estimate of drug-likeness (QED) is 0.489. The molecule has 1 heterocycles. The van der Waals surface area contributed by atoms with E-state index < -0.39 is 39.7 Å². The third-order valence-corrected chi connectivity index (χ3v) is 3.45. The summed E-state index contributed by atoms with van der Waals surface area (Å²) in [6.07, 6.45) is -9.17. The average Bonchev–Trinajstić information content (AvgIpc) is 2.47. The second-order valence-corrected chi connectivity index (χ2v) is 5.31. The molecule has 0 atom stereocenters. The number of aromatic nitrogens is 2. The van der Waals surface area contributed by atoms with Gasteiger partial charge in [-0.3, -0.25) is 4.79 Å². The average molecular weight is 387 g/mol. The van der Waals surface area contributed by atoms with Gasteiger partial charge in [0.2, 0.25) is 0 Å². The van der Waals surface area contributed by atoms with Crippen molar-refractivity contribution in [2.45, 2.75) is 12.4 Å². The standard InChI is InChI=1S/C13H9ClF6N4O/c1-23(21)9-5-22-24(11(25)10(9)14)8-3-6(12(15,16)17)2-7(4-8)13(18,19)20/h2-5H,21H2,1H3. The lowest BCUT2D eigenvalue weighted by Crippen LogP contribution is -2.30. The zero-order valence-corrected chi connectivity index (χ0v) is 13.0. The highest BCUT2D eigenvalue weighted by Gasteiger charge is 2.37. The van der Waals surface area contributed by atoms with Crippen LogP contribution in [0.1, 0.15) is 11.1 Å². The Balaban J connectivity index is 2.75. The summed E-state index contributed by atoms with van der Waals surface area (Å²) < 4.78 is 77.6. The Morgan fingerprint density at radius 2 is 1.56 bits per heavy atom. The normalized spacial score (nSPS) is 12.4. The van der Waals surface area contributed by atoms with Crippen LogP contribution in [0.5, 0.6) is 0 Å². The molecule has 0 saturated carbocycles. The molecule has 0 saturated heterocycles. The second kappa shape index (κ2) is 6.23. The number of halogens is 7. The molecule has 0 aliphatic heterocycles. The van der Waals surface area contributed by atoms with E-state index in [0.29, 0.717) is 16.8 Å². The van der Waals surface area contributed by atoms with Crippen LogP contribution in [0.2, 0.25) is 5.02 Å². The van der Waals surface area contributed by atoms with E-state index in [4.69, 9.17) is 17.4 Å². The van der Waals surface area contributed by atoms with Gasteiger partial charge in [-0.25, -0.2) is 5.84 Å². The Hall–Kier alpha value is -2.27. The Morgan fingerprint density at radius 3 is 1.96 bits per heavy atom. The van der Waals surface area contributed by atoms with Gasteiger partial charge in [0, 0.05) is 7.05 Å². The van der Waals surface area contributed by atoms with Crippen LogP contribution in [0.3, 0.4) is 0 Å². The summed E-state index contributed by atoms with van der Waals surface area (Å²) in [4.78, 5) is 12.1. The summed E-state index contributed by atoms with van der Waals surface area (Å²) in [5.41, 5.74) is -5.07. The largest absolute Gasteiger partial charge is 0.416 e. The molecular formula is C13H9ClF6N4O. The first-order valence-electron chi connectivity index (χ1n) is 6.38. The Bertz CT molecular complexity index is 827. The molecule has 1 aromatic carbocycles. The van der Waals surface area contributed by atoms with Gasteiger partial charge in [-0.05, 0) is 18.2 Å². The van der Waals surface area contributed by atoms with E-state index in [9.17, 15) is 31.1 Å². The summed E-state index contributed by atoms with van der Waals surface area (Å²) in [6, 6.07) is 0.676. The van der Waals surface area contributed by atoms with Gasteiger partial charge in [-0.15, -0.1) is 0 Å². The van der Waals surface area contributed by atoms with Crippen molar-refractivity contribution in [3.05, 3.63) is 50.9 Å². The molecule has 0 unspecified atom stereocenters. The topological polar surface area (TPSA) is 64.2 Å². The van der Waals surface area contributed by atoms with E-state index in [1.54, 1.807) is 0 Å². The lowest BCUT2D eigenvalue weighted by Gasteiger charge is -2.16. The van der Waals surface area contributed by atoms with Crippen LogP contribution in [-0.4, -0.2) is 16.8 Å². The SMILES string of the molecule is CN(N)c1cnn(-c2cc(C(F)(F)F)cc(C(F)(F)F)c2)c(=O)c1Cl. The van der Waals surface area contributed by atoms with Gasteiger partial charge >= 0.3 is 12.4 Å². The fraction of sp³-hybridized carbons (Fsp3) is 0.231. The van der Waals surface area contributed by atoms with Crippen molar-refractivity contribution in [3.8, 4) is 5.69 Å². The molecule has 2 N–H and O–H groups in total. The number of alkyl halides is 6. The highest BCUT2D eigenvalue weighted by Crippen LogP contribution is 2.37. The summed E-state index contributed by atoms with van der Waals surface area (Å²) in [6.45, 7) is 0. The Kier molecular flexibility index (Phi) is 4.75. The van der Waals surface area contributed by atoms with Gasteiger partial charge in [0.15, 0.2) is 0 Å². The van der Waals surface area contributed by atoms with Gasteiger partial charge in [0.25, 0.3) is 5.56 Å². The maximum Gasteiger partial charge on any atom is 0.416 e. The third kappa shape index (κ3) is 3.87. The van der Waals surface area contributed by atoms with Gasteiger partial charge < -0.3 is 5.01 Å². The molecular weight excluding hydrogens is 378 g/mol. The molecule has 0 aliphatic rings. The van der Waals surface area contributed by atoms with Crippen LogP contribution >= 0.6 is 11.6 Å². The molecule has 2 aromatic rings. The summed E-state index contributed by atoms with van der Waals surface area (Å²) in [5.74, 6) is 5.40. The zero-order valence-electron chi connectivity index (χ0n) is 12.3. The van der Waals surface area contributed by atoms with Crippen molar-refractivity contribution in [2.75, 3.05) is 12.1 Å². The Labute approximate surface area is 141 Å². The minimum atomic E-state index is -5.05. The smallest absolute Gasteiger partial charge is 0.311 e. The van der Waals surface area contributed by atoms with E-state index in [1.165, 1.54) is 7.05 Å². The number of benzene rings is 1. The molecule has 12 heteroatoms. The number of hydrogen-bond donors (Lipinski definition) is 1. The summed E-state index contributed by atoms with van der Waals surface area (Å²) >= 11 is 5.76. The van der Waals surface area contributed by atoms with Crippen molar-refractivity contribution < 1.29 is 26.3 Å². The molecule has 0 fully saturated rings. The van der Waals surface area contributed by atoms with Crippen LogP contribution in [0.15, 0.2) is 29.2 Å². The lowest BCUT2D eigenvalue weighted by molar-refractivity contribution is -0.143. The number of hydrogen-bond acceptors (Lipinski definition) is 4. The number of anilines is 1. The van der Waals surface area contributed by atoms with Gasteiger partial charge in [0.05, 0.1) is 28.7 Å². The molecule has 25 heavy (non-hydrogen) atoms. The third-order valence-electron chi connectivity index (χ3n) is 3.10. The molecule has 136 valence electrons. The van der Waals surface area contributed by atoms with E-state index in [-0.39, 0.29) is 11.8 Å². The second-order valence-electron chi connectivity index (χ2n) is 4.94. The highest BCUT2D eigenvalue weighted by atomic mass is 35.5. The van der Waals surface area contributed by atoms with Gasteiger partial charge in [-0.1, -0.05) is 11.6 Å². The molecule has 0 radical (unpaired) electrons. The molecule has 0 amide bonds. The van der Waals surface area contributed by atoms with Crippen LogP contribution in [0.4, 0.5) is 32.0 Å². The number of nitrogens with two attached hydrogens (primary N) is 1. The first-order valence-corrected chi connectivity index (χ1v) is 6.76. The molecule has 1 aromatic heterocycles. The van der Waals surface area contributed by atoms with Crippen molar-refractivity contribution in [1.82, 2.24) is 9.78 Å². The fourth-order valence-corrected chi connectivity index (χ4v) is 2.18. The van der Waals surface area contributed by atoms with E-state index in [1.807, 2.05) is 0 Å². The van der Waals surface area contributed by atoms with Crippen molar-refractivity contribution in [3.63, 3.8) is 0 Å². The lowest BCUT2D eigenvalue weighted by atomic mass is 10.1. The van der Waals surface area contributed by atoms with Crippen molar-refractivity contribution in [1.29, 1.82) is 0 Å². The summed E-state index contributed by atoms with van der Waals surface area (Å²) in [5, 5.41) is 3.96. The maximum atomic E-state index is 12.9. The number of rotatable bonds is 2. The van der Waals surface area contributed by atoms with Crippen LogP contribution in [0.25, 0.3) is 5.69 Å². The molecule has 0 spiro atoms. The van der Waals surface area contributed by atoms with Gasteiger partial charge in [-0.2, -0.15) is 36.1 Å². The monoisotopic (exact) mass is 386 g/mol. The first-order chi connectivity index (χ1) is 11.3. The highest BCUT2D eigenvalue weighted by molar-refractivity contribution is 6.33. The predicted molar refractivity (Wildman–Crippen MR) is 77.4 cm³/mol. The zero-order chi connectivity index (χ0) is 19.2. The molecule has 2 rings (SSSR count). The Morgan fingerprint density at radius 1 is 1.08 bits per heavy atom. The number of nitrogens with zero attached hydrogens (tertiary/aromatic N) is 3. The minimum absolute atomic E-state index is 0.0501. The van der Waals surface area contributed by atoms with Crippen molar-refractivity contribution >= 4 is 17.3 Å². The molecule has 0 aliphatic carbocycles. The molecule has 5 nitrogen and oxygen atoms in total. The number of hydrazine groups is 1. The molecule has 0 bridgehead atoms. The maximum absolute atomic E-state index is 12.9. The van der Waals surface area contributed by atoms with Gasteiger partial charge in [0.1, 0.15) is 5.02 Å². The minimum Gasteiger partial charge on any atom is -0.311 e. The fourth-order valence-electron chi connectivity index (χ4n) is 1.91. The predicted octanol–water partition coefficient (Wildman–Crippen LogP) is 3.23. The van der Waals surface area contributed by atoms with E-state index in [0.717, 1.165) is 11.2 Å². The van der Waals surface area contributed by atoms with E-state index in [2.05, 4.69) is 5.10 Å². The van der Waals surface area contributed by atoms with E-state index >= 15 is 0 Å². The van der Waals surface area contributed by atoms with Crippen LogP contribution in [-0.2, 0) is 12.4 Å². The van der Waals surface area contributed by atoms with Crippen molar-refractivity contribution in [2.24, 2.45) is 5.84 Å². The first kappa shape index (κ1) is 19.1. The summed E-state index contributed by atoms with van der Waals surface area (Å²) in [7, 11) is 1.32. The van der Waals surface area contributed by atoms with Crippen LogP contribution in [0, 0.1) is 0 Å². The van der Waals surface area contributed by atoms with Crippen LogP contribution < -0.4 is 16.4 Å².